The number of unbranched alkanes of at least 4 members (excludes halogenated alkanes) is 1. The lowest BCUT2D eigenvalue weighted by atomic mass is 10.1. The third-order valence-electron chi connectivity index (χ3n) is 4.65. The number of benzene rings is 1. The Kier molecular flexibility index (Phi) is 6.48. The lowest BCUT2D eigenvalue weighted by Gasteiger charge is -2.31. The third kappa shape index (κ3) is 4.42. The Bertz CT molecular complexity index is 700. The molecule has 0 N–H and O–H groups in total. The molecule has 1 aromatic heterocycles. The normalized spacial score (nSPS) is 16.5. The fraction of sp³-hybridized carbons (Fsp3) is 0.526. The van der Waals surface area contributed by atoms with Gasteiger partial charge in [-0.1, -0.05) is 36.4 Å². The van der Waals surface area contributed by atoms with Crippen LogP contribution in [0.5, 0.6) is 0 Å². The van der Waals surface area contributed by atoms with Crippen molar-refractivity contribution < 1.29 is 0 Å². The molecule has 132 valence electrons. The molecule has 0 spiro atoms. The number of nitriles is 1. The van der Waals surface area contributed by atoms with Gasteiger partial charge in [0.15, 0.2) is 11.0 Å². The van der Waals surface area contributed by atoms with Gasteiger partial charge in [-0.15, -0.1) is 10.2 Å². The topological polar surface area (TPSA) is 57.7 Å². The van der Waals surface area contributed by atoms with Crippen LogP contribution in [-0.2, 0) is 0 Å². The number of aromatic nitrogens is 3. The Hall–Kier alpha value is -1.84. The van der Waals surface area contributed by atoms with Gasteiger partial charge in [0, 0.05) is 17.9 Å². The maximum Gasteiger partial charge on any atom is 0.195 e. The van der Waals surface area contributed by atoms with Crippen molar-refractivity contribution in [3.8, 4) is 11.8 Å². The van der Waals surface area contributed by atoms with Crippen LogP contribution < -0.4 is 0 Å². The molecule has 1 fully saturated rings. The zero-order valence-electron chi connectivity index (χ0n) is 14.8. The monoisotopic (exact) mass is 355 g/mol. The van der Waals surface area contributed by atoms with E-state index in [4.69, 9.17) is 5.26 Å². The molecule has 0 amide bonds. The summed E-state index contributed by atoms with van der Waals surface area (Å²) in [4.78, 5) is 2.51. The van der Waals surface area contributed by atoms with Crippen LogP contribution in [-0.4, -0.2) is 38.5 Å². The molecule has 3 rings (SSSR count). The third-order valence-corrected chi connectivity index (χ3v) is 5.66. The molecule has 25 heavy (non-hydrogen) atoms. The second kappa shape index (κ2) is 9.02. The van der Waals surface area contributed by atoms with Crippen LogP contribution in [0.3, 0.4) is 0 Å². The van der Waals surface area contributed by atoms with Gasteiger partial charge in [0.2, 0.25) is 0 Å². The fourth-order valence-corrected chi connectivity index (χ4v) is 4.15. The Morgan fingerprint density at radius 1 is 1.16 bits per heavy atom. The standard InChI is InChI=1S/C19H25N5S/c1-16(23-13-7-3-8-14-23)18-21-22-19(25-15-9-6-12-20)24(18)17-10-4-2-5-11-17/h2,4-5,10-11,16H,3,6-9,13-15H2,1H3. The van der Waals surface area contributed by atoms with Crippen molar-refractivity contribution in [2.45, 2.75) is 50.2 Å². The summed E-state index contributed by atoms with van der Waals surface area (Å²) >= 11 is 1.69. The number of para-hydroxylation sites is 1. The summed E-state index contributed by atoms with van der Waals surface area (Å²) in [6, 6.07) is 12.8. The molecule has 1 atom stereocenters. The van der Waals surface area contributed by atoms with E-state index in [0.717, 1.165) is 41.9 Å². The van der Waals surface area contributed by atoms with Gasteiger partial charge in [-0.05, 0) is 51.4 Å². The van der Waals surface area contributed by atoms with Crippen LogP contribution in [0.15, 0.2) is 35.5 Å². The van der Waals surface area contributed by atoms with Crippen LogP contribution in [0.25, 0.3) is 5.69 Å². The molecule has 1 aliphatic rings. The smallest absolute Gasteiger partial charge is 0.195 e. The van der Waals surface area contributed by atoms with Crippen LogP contribution in [0.1, 0.15) is 50.9 Å². The zero-order chi connectivity index (χ0) is 17.5. The lowest BCUT2D eigenvalue weighted by molar-refractivity contribution is 0.167. The van der Waals surface area contributed by atoms with Gasteiger partial charge in [0.1, 0.15) is 0 Å². The molecule has 0 bridgehead atoms. The first kappa shape index (κ1) is 18.0. The van der Waals surface area contributed by atoms with E-state index < -0.39 is 0 Å². The molecule has 1 aromatic carbocycles. The maximum absolute atomic E-state index is 8.72. The summed E-state index contributed by atoms with van der Waals surface area (Å²) in [6.07, 6.45) is 5.32. The number of rotatable bonds is 7. The average molecular weight is 356 g/mol. The second-order valence-electron chi connectivity index (χ2n) is 6.39. The zero-order valence-corrected chi connectivity index (χ0v) is 15.6. The molecule has 1 saturated heterocycles. The van der Waals surface area contributed by atoms with Crippen molar-refractivity contribution in [3.63, 3.8) is 0 Å². The maximum atomic E-state index is 8.72. The van der Waals surface area contributed by atoms with E-state index >= 15 is 0 Å². The quantitative estimate of drug-likeness (QED) is 0.550. The average Bonchev–Trinajstić information content (AvgIpc) is 3.10. The highest BCUT2D eigenvalue weighted by Crippen LogP contribution is 2.29. The molecule has 1 unspecified atom stereocenters. The van der Waals surface area contributed by atoms with Gasteiger partial charge in [-0.2, -0.15) is 5.26 Å². The molecule has 0 aliphatic carbocycles. The first-order chi connectivity index (χ1) is 12.3. The molecule has 2 heterocycles. The first-order valence-corrected chi connectivity index (χ1v) is 10.0. The van der Waals surface area contributed by atoms with Crippen molar-refractivity contribution in [1.82, 2.24) is 19.7 Å². The van der Waals surface area contributed by atoms with Crippen molar-refractivity contribution in [1.29, 1.82) is 5.26 Å². The number of hydrogen-bond donors (Lipinski definition) is 0. The Labute approximate surface area is 154 Å². The summed E-state index contributed by atoms with van der Waals surface area (Å²) in [6.45, 7) is 4.50. The molecule has 5 nitrogen and oxygen atoms in total. The first-order valence-electron chi connectivity index (χ1n) is 9.06. The molecule has 0 saturated carbocycles. The van der Waals surface area contributed by atoms with E-state index in [0.29, 0.717) is 6.42 Å². The van der Waals surface area contributed by atoms with Crippen molar-refractivity contribution >= 4 is 11.8 Å². The summed E-state index contributed by atoms with van der Waals surface area (Å²) in [5, 5.41) is 18.7. The number of hydrogen-bond acceptors (Lipinski definition) is 5. The highest BCUT2D eigenvalue weighted by molar-refractivity contribution is 7.99. The Morgan fingerprint density at radius 2 is 1.92 bits per heavy atom. The number of thioether (sulfide) groups is 1. The summed E-state index contributed by atoms with van der Waals surface area (Å²) in [5.41, 5.74) is 1.11. The van der Waals surface area contributed by atoms with E-state index in [-0.39, 0.29) is 6.04 Å². The Morgan fingerprint density at radius 3 is 2.64 bits per heavy atom. The van der Waals surface area contributed by atoms with Gasteiger partial charge < -0.3 is 0 Å². The van der Waals surface area contributed by atoms with E-state index in [1.807, 2.05) is 6.07 Å². The van der Waals surface area contributed by atoms with E-state index in [9.17, 15) is 0 Å². The largest absolute Gasteiger partial charge is 0.294 e. The minimum Gasteiger partial charge on any atom is -0.294 e. The summed E-state index contributed by atoms with van der Waals surface area (Å²) < 4.78 is 2.19. The van der Waals surface area contributed by atoms with E-state index in [1.54, 1.807) is 11.8 Å². The van der Waals surface area contributed by atoms with Crippen LogP contribution in [0.2, 0.25) is 0 Å². The highest BCUT2D eigenvalue weighted by atomic mass is 32.2. The highest BCUT2D eigenvalue weighted by Gasteiger charge is 2.25. The molecule has 2 aromatic rings. The second-order valence-corrected chi connectivity index (χ2v) is 7.46. The van der Waals surface area contributed by atoms with Crippen LogP contribution >= 0.6 is 11.8 Å². The van der Waals surface area contributed by atoms with Crippen molar-refractivity contribution in [2.24, 2.45) is 0 Å². The molecular formula is C19H25N5S. The van der Waals surface area contributed by atoms with Crippen LogP contribution in [0.4, 0.5) is 0 Å². The van der Waals surface area contributed by atoms with Gasteiger partial charge in [0.25, 0.3) is 0 Å². The molecule has 6 heteroatoms. The molecule has 1 aliphatic heterocycles. The Balaban J connectivity index is 1.86. The van der Waals surface area contributed by atoms with Gasteiger partial charge in [-0.25, -0.2) is 0 Å². The van der Waals surface area contributed by atoms with Gasteiger partial charge in [-0.3, -0.25) is 9.47 Å². The SMILES string of the molecule is CC(c1nnc(SCCCC#N)n1-c1ccccc1)N1CCCCC1. The van der Waals surface area contributed by atoms with E-state index in [2.05, 4.69) is 56.9 Å². The minimum absolute atomic E-state index is 0.251. The number of likely N-dealkylation sites (tertiary alicyclic amines) is 1. The summed E-state index contributed by atoms with van der Waals surface area (Å²) in [5.74, 6) is 1.90. The van der Waals surface area contributed by atoms with Crippen molar-refractivity contribution in [3.05, 3.63) is 36.2 Å². The molecular weight excluding hydrogens is 330 g/mol. The predicted octanol–water partition coefficient (Wildman–Crippen LogP) is 4.21. The lowest BCUT2D eigenvalue weighted by Crippen LogP contribution is -2.33. The predicted molar refractivity (Wildman–Crippen MR) is 101 cm³/mol. The number of nitrogens with zero attached hydrogens (tertiary/aromatic N) is 5. The van der Waals surface area contributed by atoms with Crippen molar-refractivity contribution in [2.75, 3.05) is 18.8 Å². The van der Waals surface area contributed by atoms with Crippen LogP contribution in [0, 0.1) is 11.3 Å². The fourth-order valence-electron chi connectivity index (χ4n) is 3.25. The summed E-state index contributed by atoms with van der Waals surface area (Å²) in [7, 11) is 0. The van der Waals surface area contributed by atoms with E-state index in [1.165, 1.54) is 19.3 Å². The minimum atomic E-state index is 0.251. The van der Waals surface area contributed by atoms with Gasteiger partial charge in [0.05, 0.1) is 12.1 Å². The molecule has 0 radical (unpaired) electrons. The van der Waals surface area contributed by atoms with Gasteiger partial charge >= 0.3 is 0 Å². The number of piperidine rings is 1.